The smallest absolute Gasteiger partial charge is 0.414 e. The first-order valence-corrected chi connectivity index (χ1v) is 20.8. The highest BCUT2D eigenvalue weighted by Crippen LogP contribution is 2.67. The fourth-order valence-corrected chi connectivity index (χ4v) is 10.5. The topological polar surface area (TPSA) is 127 Å². The molecule has 0 bridgehead atoms. The van der Waals surface area contributed by atoms with E-state index < -0.39 is 29.5 Å². The van der Waals surface area contributed by atoms with Gasteiger partial charge in [0, 0.05) is 13.1 Å². The number of fused-ring (bicyclic) bond motifs is 5. The molecule has 4 aliphatic rings. The van der Waals surface area contributed by atoms with Gasteiger partial charge in [-0.15, -0.1) is 0 Å². The molecule has 3 N–H and O–H groups in total. The van der Waals surface area contributed by atoms with Crippen molar-refractivity contribution < 1.29 is 28.6 Å². The van der Waals surface area contributed by atoms with Gasteiger partial charge < -0.3 is 19.5 Å². The zero-order valence-electron chi connectivity index (χ0n) is 35.1. The summed E-state index contributed by atoms with van der Waals surface area (Å²) in [5.41, 5.74) is 0.957. The van der Waals surface area contributed by atoms with E-state index in [1.165, 1.54) is 57.8 Å². The number of aliphatic imine (C=N–C) groups is 1. The molecule has 0 unspecified atom stereocenters. The average molecular weight is 743 g/mol. The van der Waals surface area contributed by atoms with Crippen LogP contribution in [0.3, 0.4) is 0 Å². The number of carbonyl (C=O) groups is 3. The molecule has 10 heteroatoms. The van der Waals surface area contributed by atoms with Crippen molar-refractivity contribution >= 4 is 24.2 Å². The van der Waals surface area contributed by atoms with Gasteiger partial charge in [-0.3, -0.25) is 15.6 Å². The van der Waals surface area contributed by atoms with Crippen molar-refractivity contribution in [3.63, 3.8) is 0 Å². The first kappa shape index (κ1) is 43.0. The van der Waals surface area contributed by atoms with Crippen molar-refractivity contribution in [1.82, 2.24) is 16.0 Å². The molecule has 10 nitrogen and oxygen atoms in total. The van der Waals surface area contributed by atoms with Crippen molar-refractivity contribution in [2.75, 3.05) is 19.7 Å². The number of alkyl carbamates (subject to hydrolysis) is 3. The maximum atomic E-state index is 12.6. The second-order valence-corrected chi connectivity index (χ2v) is 19.8. The molecule has 0 heterocycles. The summed E-state index contributed by atoms with van der Waals surface area (Å²) in [4.78, 5) is 41.6. The van der Waals surface area contributed by atoms with Crippen LogP contribution < -0.4 is 16.0 Å². The maximum absolute atomic E-state index is 12.6. The Morgan fingerprint density at radius 2 is 1.51 bits per heavy atom. The lowest BCUT2D eigenvalue weighted by Crippen LogP contribution is -2.50. The Kier molecular flexibility index (Phi) is 14.4. The molecular formula is C43H74N4O6. The zero-order valence-corrected chi connectivity index (χ0v) is 35.1. The normalized spacial score (nSPS) is 30.1. The highest BCUT2D eigenvalue weighted by molar-refractivity contribution is 6.01. The molecule has 0 spiro atoms. The number of hydrogen-bond donors (Lipinski definition) is 3. The molecular weight excluding hydrogens is 668 g/mol. The van der Waals surface area contributed by atoms with E-state index in [0.29, 0.717) is 30.9 Å². The average Bonchev–Trinajstić information content (AvgIpc) is 3.38. The molecule has 0 aliphatic heterocycles. The lowest BCUT2D eigenvalue weighted by Gasteiger charge is -2.58. The summed E-state index contributed by atoms with van der Waals surface area (Å²) in [7, 11) is 0. The summed E-state index contributed by atoms with van der Waals surface area (Å²) in [5.74, 6) is 5.24. The third kappa shape index (κ3) is 11.9. The standard InChI is InChI=1S/C43H74N4O6/c1-28(2)14-12-15-29(3)33-18-19-34-32-17-16-31-26-30(20-22-42(31,10)35(32)21-23-43(33,34)11)27-51-37(48)45-25-13-24-44-36(46-38(49)52-40(4,5)6)47-39(50)53-41(7,8)9/h16,28-30,32-35H,12-15,17-27H2,1-11H3,(H,45,48)(H2,44,46,47,49,50)/t29-,30+,32+,33-,34+,35+,42+,43-/m1/s1. The van der Waals surface area contributed by atoms with Crippen molar-refractivity contribution in [2.45, 2.75) is 164 Å². The van der Waals surface area contributed by atoms with E-state index in [9.17, 15) is 14.4 Å². The number of nitrogens with one attached hydrogen (secondary N) is 3. The number of carbonyl (C=O) groups excluding carboxylic acids is 3. The molecule has 8 atom stereocenters. The number of allylic oxidation sites excluding steroid dienone is 2. The highest BCUT2D eigenvalue weighted by atomic mass is 16.6. The number of hydrogen-bond acceptors (Lipinski definition) is 7. The van der Waals surface area contributed by atoms with Crippen LogP contribution in [0.2, 0.25) is 0 Å². The van der Waals surface area contributed by atoms with Gasteiger partial charge in [0.05, 0.1) is 6.61 Å². The fraction of sp³-hybridized carbons (Fsp3) is 0.860. The first-order chi connectivity index (χ1) is 24.7. The molecule has 0 saturated heterocycles. The molecule has 0 aromatic heterocycles. The van der Waals surface area contributed by atoms with Crippen LogP contribution in [0.15, 0.2) is 16.6 Å². The molecule has 0 aromatic carbocycles. The van der Waals surface area contributed by atoms with Crippen LogP contribution >= 0.6 is 0 Å². The van der Waals surface area contributed by atoms with Gasteiger partial charge in [-0.05, 0) is 152 Å². The third-order valence-corrected chi connectivity index (χ3v) is 13.0. The Morgan fingerprint density at radius 1 is 0.849 bits per heavy atom. The minimum Gasteiger partial charge on any atom is -0.449 e. The van der Waals surface area contributed by atoms with Crippen molar-refractivity contribution in [2.24, 2.45) is 57.2 Å². The van der Waals surface area contributed by atoms with E-state index >= 15 is 0 Å². The number of ether oxygens (including phenoxy) is 3. The predicted molar refractivity (Wildman–Crippen MR) is 212 cm³/mol. The van der Waals surface area contributed by atoms with E-state index in [1.54, 1.807) is 47.1 Å². The third-order valence-electron chi connectivity index (χ3n) is 13.0. The quantitative estimate of drug-likeness (QED) is 0.0636. The molecule has 3 saturated carbocycles. The minimum absolute atomic E-state index is 0.0829. The molecule has 302 valence electrons. The number of nitrogens with zero attached hydrogens (tertiary/aromatic N) is 1. The van der Waals surface area contributed by atoms with Crippen LogP contribution in [0.4, 0.5) is 14.4 Å². The molecule has 3 fully saturated rings. The van der Waals surface area contributed by atoms with E-state index in [-0.39, 0.29) is 17.9 Å². The van der Waals surface area contributed by atoms with E-state index in [4.69, 9.17) is 14.2 Å². The van der Waals surface area contributed by atoms with E-state index in [2.05, 4.69) is 61.6 Å². The van der Waals surface area contributed by atoms with Crippen molar-refractivity contribution in [1.29, 1.82) is 0 Å². The summed E-state index contributed by atoms with van der Waals surface area (Å²) in [5, 5.41) is 7.76. The number of amides is 3. The van der Waals surface area contributed by atoms with Crippen LogP contribution in [0, 0.1) is 52.3 Å². The Morgan fingerprint density at radius 3 is 2.13 bits per heavy atom. The molecule has 4 aliphatic carbocycles. The molecule has 0 radical (unpaired) electrons. The lowest BCUT2D eigenvalue weighted by molar-refractivity contribution is -0.0541. The van der Waals surface area contributed by atoms with Gasteiger partial charge in [-0.2, -0.15) is 0 Å². The summed E-state index contributed by atoms with van der Waals surface area (Å²) < 4.78 is 16.3. The molecule has 3 amide bonds. The first-order valence-electron chi connectivity index (χ1n) is 20.8. The second-order valence-electron chi connectivity index (χ2n) is 19.8. The highest BCUT2D eigenvalue weighted by Gasteiger charge is 2.59. The molecule has 53 heavy (non-hydrogen) atoms. The lowest BCUT2D eigenvalue weighted by atomic mass is 9.46. The Balaban J connectivity index is 1.22. The van der Waals surface area contributed by atoms with Gasteiger partial charge in [0.15, 0.2) is 0 Å². The van der Waals surface area contributed by atoms with E-state index in [1.807, 2.05) is 0 Å². The van der Waals surface area contributed by atoms with Gasteiger partial charge in [0.1, 0.15) is 11.2 Å². The Labute approximate surface area is 321 Å². The zero-order chi connectivity index (χ0) is 39.2. The summed E-state index contributed by atoms with van der Waals surface area (Å²) in [6, 6.07) is 0. The van der Waals surface area contributed by atoms with Crippen LogP contribution in [0.25, 0.3) is 0 Å². The van der Waals surface area contributed by atoms with Crippen LogP contribution in [-0.2, 0) is 14.2 Å². The molecule has 4 rings (SSSR count). The predicted octanol–water partition coefficient (Wildman–Crippen LogP) is 10.2. The summed E-state index contributed by atoms with van der Waals surface area (Å²) >= 11 is 0. The number of guanidine groups is 1. The fourth-order valence-electron chi connectivity index (χ4n) is 10.5. The van der Waals surface area contributed by atoms with Gasteiger partial charge in [0.25, 0.3) is 0 Å². The SMILES string of the molecule is CC(C)CCC[C@@H](C)[C@H]1CC[C@H]2[C@@H]3CC=C4C[C@@H](COC(=O)NCCCN=C(NC(=O)OC(C)(C)C)NC(=O)OC(C)(C)C)CC[C@]4(C)[C@H]3CC[C@]12C. The summed E-state index contributed by atoms with van der Waals surface area (Å²) in [6.07, 6.45) is 15.4. The van der Waals surface area contributed by atoms with Crippen LogP contribution in [0.5, 0.6) is 0 Å². The van der Waals surface area contributed by atoms with Crippen molar-refractivity contribution in [3.8, 4) is 0 Å². The summed E-state index contributed by atoms with van der Waals surface area (Å²) in [6.45, 7) is 23.9. The van der Waals surface area contributed by atoms with E-state index in [0.717, 1.165) is 48.3 Å². The van der Waals surface area contributed by atoms with Gasteiger partial charge in [-0.25, -0.2) is 14.4 Å². The van der Waals surface area contributed by atoms with Gasteiger partial charge in [-0.1, -0.05) is 65.5 Å². The monoisotopic (exact) mass is 743 g/mol. The largest absolute Gasteiger partial charge is 0.449 e. The Bertz CT molecular complexity index is 1300. The molecule has 0 aromatic rings. The second kappa shape index (κ2) is 17.8. The van der Waals surface area contributed by atoms with Gasteiger partial charge in [0.2, 0.25) is 5.96 Å². The maximum Gasteiger partial charge on any atom is 0.414 e. The number of rotatable bonds is 11. The van der Waals surface area contributed by atoms with Crippen LogP contribution in [0.1, 0.15) is 153 Å². The van der Waals surface area contributed by atoms with Crippen molar-refractivity contribution in [3.05, 3.63) is 11.6 Å². The van der Waals surface area contributed by atoms with Gasteiger partial charge >= 0.3 is 18.3 Å². The Hall–Kier alpha value is -2.78. The minimum atomic E-state index is -0.748. The van der Waals surface area contributed by atoms with Crippen LogP contribution in [-0.4, -0.2) is 55.1 Å².